The van der Waals surface area contributed by atoms with Gasteiger partial charge in [0.2, 0.25) is 0 Å². The minimum atomic E-state index is -2.00. The summed E-state index contributed by atoms with van der Waals surface area (Å²) < 4.78 is 6.01. The predicted octanol–water partition coefficient (Wildman–Crippen LogP) is 4.42. The van der Waals surface area contributed by atoms with Crippen LogP contribution in [0.25, 0.3) is 6.08 Å². The maximum atomic E-state index is 2.65. The van der Waals surface area contributed by atoms with Crippen molar-refractivity contribution in [3.63, 3.8) is 0 Å². The van der Waals surface area contributed by atoms with Gasteiger partial charge in [0.05, 0.1) is 0 Å². The molecule has 1 heterocycles. The third-order valence-corrected chi connectivity index (χ3v) is 14.2. The second kappa shape index (κ2) is 5.81. The van der Waals surface area contributed by atoms with Gasteiger partial charge in [0.1, 0.15) is 0 Å². The number of rotatable bonds is 1. The Hall–Kier alpha value is -1.15. The molecule has 0 radical (unpaired) electrons. The van der Waals surface area contributed by atoms with E-state index in [1.54, 1.807) is 7.17 Å². The number of aryl methyl sites for hydroxylation is 2. The van der Waals surface area contributed by atoms with E-state index in [0.29, 0.717) is 0 Å². The van der Waals surface area contributed by atoms with Crippen molar-refractivity contribution in [3.05, 3.63) is 68.3 Å². The molecule has 1 aliphatic rings. The third-order valence-electron chi connectivity index (χ3n) is 4.44. The number of hydrogen-bond donors (Lipinski definition) is 0. The Kier molecular flexibility index (Phi) is 4.15. The molecule has 0 aliphatic carbocycles. The molecule has 0 saturated carbocycles. The number of benzene rings is 2. The molecule has 1 aliphatic heterocycles. The predicted molar refractivity (Wildman–Crippen MR) is 100 cm³/mol. The zero-order valence-corrected chi connectivity index (χ0v) is 17.1. The fourth-order valence-electron chi connectivity index (χ4n) is 3.31. The van der Waals surface area contributed by atoms with Crippen LogP contribution in [-0.2, 0) is 0 Å². The van der Waals surface area contributed by atoms with Crippen LogP contribution in [0.15, 0.2) is 46.1 Å². The van der Waals surface area contributed by atoms with Crippen LogP contribution in [-0.4, -0.2) is 23.3 Å². The fraction of sp³-hybridized carbons (Fsp3) is 0.286. The van der Waals surface area contributed by atoms with Gasteiger partial charge >= 0.3 is 141 Å². The van der Waals surface area contributed by atoms with Gasteiger partial charge < -0.3 is 0 Å². The summed E-state index contributed by atoms with van der Waals surface area (Å²) in [6.07, 6.45) is 2.50. The zero-order chi connectivity index (χ0) is 15.9. The first-order chi connectivity index (χ1) is 10.4. The summed E-state index contributed by atoms with van der Waals surface area (Å²) in [6, 6.07) is 15.6. The molecule has 0 aromatic heterocycles. The fourth-order valence-corrected chi connectivity index (χ4v) is 12.7. The van der Waals surface area contributed by atoms with Crippen molar-refractivity contribution in [1.29, 1.82) is 0 Å². The molecular formula is C21H24Sn. The van der Waals surface area contributed by atoms with Crippen molar-refractivity contribution in [1.82, 2.24) is 0 Å². The first-order valence-corrected chi connectivity index (χ1v) is 12.5. The van der Waals surface area contributed by atoms with Crippen LogP contribution in [0.1, 0.15) is 43.0 Å². The maximum absolute atomic E-state index is 2.65. The Balaban J connectivity index is 2.29. The van der Waals surface area contributed by atoms with E-state index in [1.165, 1.54) is 22.3 Å². The van der Waals surface area contributed by atoms with Crippen molar-refractivity contribution in [2.45, 2.75) is 34.6 Å². The van der Waals surface area contributed by atoms with Crippen molar-refractivity contribution in [2.75, 3.05) is 0 Å². The van der Waals surface area contributed by atoms with Crippen LogP contribution < -0.4 is 3.58 Å². The molecule has 0 bridgehead atoms. The average Bonchev–Trinajstić information content (AvgIpc) is 2.45. The second-order valence-electron chi connectivity index (χ2n) is 7.26. The Labute approximate surface area is 141 Å². The van der Waals surface area contributed by atoms with E-state index in [2.05, 4.69) is 87.2 Å². The van der Waals surface area contributed by atoms with Gasteiger partial charge in [-0.1, -0.05) is 0 Å². The molecule has 1 heteroatoms. The molecule has 3 rings (SSSR count). The Morgan fingerprint density at radius 2 is 1.36 bits per heavy atom. The van der Waals surface area contributed by atoms with Gasteiger partial charge in [-0.25, -0.2) is 0 Å². The zero-order valence-electron chi connectivity index (χ0n) is 14.2. The van der Waals surface area contributed by atoms with Gasteiger partial charge in [-0.05, 0) is 0 Å². The Morgan fingerprint density at radius 3 is 1.95 bits per heavy atom. The number of fused-ring (bicyclic) bond motifs is 1. The first kappa shape index (κ1) is 15.7. The third kappa shape index (κ3) is 2.86. The van der Waals surface area contributed by atoms with Crippen LogP contribution in [0.4, 0.5) is 0 Å². The van der Waals surface area contributed by atoms with E-state index < -0.39 is 19.3 Å². The van der Waals surface area contributed by atoms with E-state index in [0.717, 1.165) is 0 Å². The molecule has 112 valence electrons. The van der Waals surface area contributed by atoms with Gasteiger partial charge in [-0.15, -0.1) is 0 Å². The molecule has 0 fully saturated rings. The van der Waals surface area contributed by atoms with E-state index in [1.807, 2.05) is 0 Å². The molecule has 0 atom stereocenters. The number of hydrogen-bond acceptors (Lipinski definition) is 0. The molecule has 22 heavy (non-hydrogen) atoms. The van der Waals surface area contributed by atoms with Crippen LogP contribution in [0.3, 0.4) is 0 Å². The molecule has 0 unspecified atom stereocenters. The topological polar surface area (TPSA) is 0 Å². The van der Waals surface area contributed by atoms with Crippen molar-refractivity contribution in [3.8, 4) is 0 Å². The van der Waals surface area contributed by atoms with E-state index in [9.17, 15) is 0 Å². The molecule has 0 spiro atoms. The van der Waals surface area contributed by atoms with Crippen molar-refractivity contribution in [2.24, 2.45) is 5.41 Å². The van der Waals surface area contributed by atoms with Crippen LogP contribution in [0.5, 0.6) is 0 Å². The quantitative estimate of drug-likeness (QED) is 0.628. The van der Waals surface area contributed by atoms with Crippen LogP contribution in [0.2, 0.25) is 0 Å². The molecular weight excluding hydrogens is 371 g/mol. The monoisotopic (exact) mass is 396 g/mol. The van der Waals surface area contributed by atoms with Crippen molar-refractivity contribution < 1.29 is 0 Å². The summed E-state index contributed by atoms with van der Waals surface area (Å²) in [5.41, 5.74) is 6.02. The summed E-state index contributed by atoms with van der Waals surface area (Å²) in [5, 5.41) is 0. The van der Waals surface area contributed by atoms with Gasteiger partial charge in [0.25, 0.3) is 0 Å². The van der Waals surface area contributed by atoms with Crippen LogP contribution >= 0.6 is 0 Å². The summed E-state index contributed by atoms with van der Waals surface area (Å²) in [4.78, 5) is 0. The molecule has 0 nitrogen and oxygen atoms in total. The number of allylic oxidation sites excluding steroid dienone is 1. The van der Waals surface area contributed by atoms with Crippen molar-refractivity contribution >= 4 is 33.0 Å². The standard InChI is InChI=1S/C13H15.C8H9.Sn/c1-11-7-5-6-8-12(11)9-10-13(2,3)4;1-7-4-3-5-8(2)6-7;/h1,5-9H,2-4H3;3-5H,1-2H3;. The van der Waals surface area contributed by atoms with Gasteiger partial charge in [0, 0.05) is 0 Å². The molecule has 2 aromatic carbocycles. The SMILES string of the molecule is Cc1cccc(C)[c]1[Sn]1=[CH]c2ccccc2C=[C]1C(C)(C)C. The molecule has 2 aromatic rings. The van der Waals surface area contributed by atoms with E-state index >= 15 is 0 Å². The average molecular weight is 395 g/mol. The molecule has 0 amide bonds. The normalized spacial score (nSPS) is 14.2. The van der Waals surface area contributed by atoms with Gasteiger partial charge in [-0.3, -0.25) is 0 Å². The van der Waals surface area contributed by atoms with Crippen LogP contribution in [0, 0.1) is 19.3 Å². The second-order valence-corrected chi connectivity index (χ2v) is 13.4. The minimum absolute atomic E-state index is 0.244. The summed E-state index contributed by atoms with van der Waals surface area (Å²) in [7, 11) is 0. The summed E-state index contributed by atoms with van der Waals surface area (Å²) in [5.74, 6) is 0. The summed E-state index contributed by atoms with van der Waals surface area (Å²) in [6.45, 7) is 11.7. The first-order valence-electron chi connectivity index (χ1n) is 7.98. The van der Waals surface area contributed by atoms with Gasteiger partial charge in [-0.2, -0.15) is 0 Å². The summed E-state index contributed by atoms with van der Waals surface area (Å²) >= 11 is -2.00. The Bertz CT molecular complexity index is 766. The van der Waals surface area contributed by atoms with E-state index in [4.69, 9.17) is 0 Å². The van der Waals surface area contributed by atoms with Gasteiger partial charge in [0.15, 0.2) is 0 Å². The molecule has 0 saturated heterocycles. The van der Waals surface area contributed by atoms with E-state index in [-0.39, 0.29) is 5.41 Å². The molecule has 0 N–H and O–H groups in total. The Morgan fingerprint density at radius 1 is 0.773 bits per heavy atom.